The zero-order valence-corrected chi connectivity index (χ0v) is 11.3. The topological polar surface area (TPSA) is 69.6 Å². The molecule has 0 bridgehead atoms. The molecular formula is C10H10BrN5S. The number of nitrogens with zero attached hydrogens (tertiary/aromatic N) is 4. The van der Waals surface area contributed by atoms with E-state index < -0.39 is 0 Å². The maximum Gasteiger partial charge on any atom is 0.214 e. The third kappa shape index (κ3) is 2.30. The van der Waals surface area contributed by atoms with Gasteiger partial charge in [-0.25, -0.2) is 4.68 Å². The largest absolute Gasteiger partial charge is 0.399 e. The van der Waals surface area contributed by atoms with Crippen LogP contribution < -0.4 is 5.73 Å². The number of hydrogen-bond donors (Lipinski definition) is 1. The number of nitrogen functional groups attached to an aromatic ring is 1. The van der Waals surface area contributed by atoms with Crippen LogP contribution in [-0.4, -0.2) is 20.2 Å². The van der Waals surface area contributed by atoms with E-state index in [4.69, 9.17) is 5.73 Å². The maximum atomic E-state index is 5.70. The fraction of sp³-hybridized carbons (Fsp3) is 0.300. The third-order valence-corrected chi connectivity index (χ3v) is 4.46. The van der Waals surface area contributed by atoms with Gasteiger partial charge < -0.3 is 5.73 Å². The number of rotatable bonds is 3. The Kier molecular flexibility index (Phi) is 2.79. The van der Waals surface area contributed by atoms with Gasteiger partial charge >= 0.3 is 0 Å². The molecule has 1 aliphatic carbocycles. The summed E-state index contributed by atoms with van der Waals surface area (Å²) < 4.78 is 2.86. The van der Waals surface area contributed by atoms with Crippen molar-refractivity contribution >= 4 is 33.4 Å². The van der Waals surface area contributed by atoms with Gasteiger partial charge in [-0.2, -0.15) is 0 Å². The summed E-state index contributed by atoms with van der Waals surface area (Å²) in [5.74, 6) is 0. The molecule has 3 rings (SSSR count). The molecule has 0 saturated heterocycles. The molecule has 2 aromatic rings. The first-order valence-electron chi connectivity index (χ1n) is 5.25. The molecule has 5 nitrogen and oxygen atoms in total. The first-order valence-corrected chi connectivity index (χ1v) is 6.86. The fourth-order valence-electron chi connectivity index (χ4n) is 1.50. The number of benzene rings is 1. The van der Waals surface area contributed by atoms with Crippen LogP contribution in [0, 0.1) is 0 Å². The molecular weight excluding hydrogens is 302 g/mol. The highest BCUT2D eigenvalue weighted by atomic mass is 79.9. The quantitative estimate of drug-likeness (QED) is 0.882. The van der Waals surface area contributed by atoms with Crippen LogP contribution in [0.15, 0.2) is 32.7 Å². The van der Waals surface area contributed by atoms with Crippen LogP contribution in [0.1, 0.15) is 18.9 Å². The lowest BCUT2D eigenvalue weighted by Crippen LogP contribution is -1.98. The molecule has 1 fully saturated rings. The summed E-state index contributed by atoms with van der Waals surface area (Å²) in [5, 5.41) is 12.6. The molecule has 0 aliphatic heterocycles. The molecule has 0 unspecified atom stereocenters. The van der Waals surface area contributed by atoms with Gasteiger partial charge in [0, 0.05) is 15.1 Å². The van der Waals surface area contributed by atoms with Crippen LogP contribution in [-0.2, 0) is 0 Å². The number of anilines is 1. The van der Waals surface area contributed by atoms with Gasteiger partial charge in [-0.15, -0.1) is 5.10 Å². The second-order valence-electron chi connectivity index (χ2n) is 3.93. The highest BCUT2D eigenvalue weighted by Crippen LogP contribution is 2.39. The lowest BCUT2D eigenvalue weighted by Gasteiger charge is -2.05. The average Bonchev–Trinajstić information content (AvgIpc) is 3.03. The SMILES string of the molecule is Nc1ccc(Sc2nnnn2C2CC2)c(Br)c1. The lowest BCUT2D eigenvalue weighted by molar-refractivity contribution is 0.565. The van der Waals surface area contributed by atoms with E-state index in [2.05, 4.69) is 31.5 Å². The first kappa shape index (κ1) is 11.0. The number of tetrazole rings is 1. The van der Waals surface area contributed by atoms with Gasteiger partial charge in [0.25, 0.3) is 0 Å². The second kappa shape index (κ2) is 4.30. The summed E-state index contributed by atoms with van der Waals surface area (Å²) in [5.41, 5.74) is 6.44. The highest BCUT2D eigenvalue weighted by molar-refractivity contribution is 9.10. The molecule has 17 heavy (non-hydrogen) atoms. The smallest absolute Gasteiger partial charge is 0.214 e. The molecule has 1 aromatic heterocycles. The molecule has 0 atom stereocenters. The monoisotopic (exact) mass is 311 g/mol. The molecule has 0 amide bonds. The minimum absolute atomic E-state index is 0.486. The summed E-state index contributed by atoms with van der Waals surface area (Å²) in [6.07, 6.45) is 2.34. The molecule has 0 spiro atoms. The van der Waals surface area contributed by atoms with Crippen molar-refractivity contribution in [3.05, 3.63) is 22.7 Å². The predicted molar refractivity (Wildman–Crippen MR) is 68.8 cm³/mol. The van der Waals surface area contributed by atoms with Crippen LogP contribution >= 0.6 is 27.7 Å². The normalized spacial score (nSPS) is 15.1. The minimum atomic E-state index is 0.486. The van der Waals surface area contributed by atoms with Crippen molar-refractivity contribution in [1.29, 1.82) is 0 Å². The van der Waals surface area contributed by atoms with Crippen molar-refractivity contribution in [3.8, 4) is 0 Å². The van der Waals surface area contributed by atoms with Crippen LogP contribution in [0.3, 0.4) is 0 Å². The number of aromatic nitrogens is 4. The molecule has 1 saturated carbocycles. The summed E-state index contributed by atoms with van der Waals surface area (Å²) in [6.45, 7) is 0. The first-order chi connectivity index (χ1) is 8.24. The van der Waals surface area contributed by atoms with Crippen LogP contribution in [0.4, 0.5) is 5.69 Å². The van der Waals surface area contributed by atoms with Gasteiger partial charge in [0.05, 0.1) is 6.04 Å². The number of halogens is 1. The third-order valence-electron chi connectivity index (χ3n) is 2.51. The minimum Gasteiger partial charge on any atom is -0.399 e. The lowest BCUT2D eigenvalue weighted by atomic mass is 10.3. The molecule has 1 heterocycles. The summed E-state index contributed by atoms with van der Waals surface area (Å²) in [7, 11) is 0. The molecule has 2 N–H and O–H groups in total. The Bertz CT molecular complexity index is 551. The van der Waals surface area contributed by atoms with E-state index in [1.54, 1.807) is 11.8 Å². The van der Waals surface area contributed by atoms with Crippen molar-refractivity contribution in [1.82, 2.24) is 20.2 Å². The van der Waals surface area contributed by atoms with Crippen LogP contribution in [0.5, 0.6) is 0 Å². The Morgan fingerprint density at radius 3 is 2.94 bits per heavy atom. The van der Waals surface area contributed by atoms with Crippen molar-refractivity contribution in [2.75, 3.05) is 5.73 Å². The van der Waals surface area contributed by atoms with Gasteiger partial charge in [-0.1, -0.05) is 0 Å². The molecule has 88 valence electrons. The predicted octanol–water partition coefficient (Wildman–Crippen LogP) is 2.50. The van der Waals surface area contributed by atoms with E-state index in [0.29, 0.717) is 6.04 Å². The Hall–Kier alpha value is -1.08. The summed E-state index contributed by atoms with van der Waals surface area (Å²) >= 11 is 5.04. The molecule has 0 radical (unpaired) electrons. The van der Waals surface area contributed by atoms with E-state index in [0.717, 1.165) is 20.2 Å². The Labute approximate surface area is 111 Å². The summed E-state index contributed by atoms with van der Waals surface area (Å²) in [6, 6.07) is 6.21. The van der Waals surface area contributed by atoms with E-state index in [1.165, 1.54) is 12.8 Å². The Balaban J connectivity index is 1.88. The average molecular weight is 312 g/mol. The molecule has 1 aliphatic rings. The van der Waals surface area contributed by atoms with E-state index in [-0.39, 0.29) is 0 Å². The molecule has 7 heteroatoms. The van der Waals surface area contributed by atoms with Gasteiger partial charge in [-0.05, 0) is 69.2 Å². The zero-order valence-electron chi connectivity index (χ0n) is 8.88. The Morgan fingerprint density at radius 1 is 1.41 bits per heavy atom. The zero-order chi connectivity index (χ0) is 11.8. The van der Waals surface area contributed by atoms with Crippen molar-refractivity contribution < 1.29 is 0 Å². The van der Waals surface area contributed by atoms with Crippen LogP contribution in [0.25, 0.3) is 0 Å². The number of hydrogen-bond acceptors (Lipinski definition) is 5. The standard InChI is InChI=1S/C10H10BrN5S/c11-8-5-6(12)1-4-9(8)17-10-13-14-15-16(10)7-2-3-7/h1,4-5,7H,2-3,12H2. The van der Waals surface area contributed by atoms with E-state index in [9.17, 15) is 0 Å². The van der Waals surface area contributed by atoms with Crippen molar-refractivity contribution in [2.24, 2.45) is 0 Å². The maximum absolute atomic E-state index is 5.70. The van der Waals surface area contributed by atoms with Gasteiger partial charge in [0.1, 0.15) is 0 Å². The van der Waals surface area contributed by atoms with E-state index in [1.807, 2.05) is 22.9 Å². The van der Waals surface area contributed by atoms with Gasteiger partial charge in [0.15, 0.2) is 0 Å². The van der Waals surface area contributed by atoms with Gasteiger partial charge in [0.2, 0.25) is 5.16 Å². The number of nitrogens with two attached hydrogens (primary N) is 1. The summed E-state index contributed by atoms with van der Waals surface area (Å²) in [4.78, 5) is 1.07. The van der Waals surface area contributed by atoms with Crippen molar-refractivity contribution in [2.45, 2.75) is 28.9 Å². The van der Waals surface area contributed by atoms with Crippen LogP contribution in [0.2, 0.25) is 0 Å². The van der Waals surface area contributed by atoms with Gasteiger partial charge in [-0.3, -0.25) is 0 Å². The highest BCUT2D eigenvalue weighted by Gasteiger charge is 2.28. The Morgan fingerprint density at radius 2 is 2.24 bits per heavy atom. The van der Waals surface area contributed by atoms with E-state index >= 15 is 0 Å². The van der Waals surface area contributed by atoms with Crippen molar-refractivity contribution in [3.63, 3.8) is 0 Å². The second-order valence-corrected chi connectivity index (χ2v) is 5.79. The fourth-order valence-corrected chi connectivity index (χ4v) is 2.98. The molecule has 1 aromatic carbocycles.